The molecule has 0 aliphatic heterocycles. The minimum Gasteiger partial charge on any atom is -0.444 e. The Morgan fingerprint density at radius 1 is 1.18 bits per heavy atom. The van der Waals surface area contributed by atoms with Gasteiger partial charge in [0.25, 0.3) is 0 Å². The molecule has 3 nitrogen and oxygen atoms in total. The highest BCUT2D eigenvalue weighted by molar-refractivity contribution is 5.69. The van der Waals surface area contributed by atoms with Crippen LogP contribution in [0.15, 0.2) is 30.8 Å². The van der Waals surface area contributed by atoms with Gasteiger partial charge in [-0.3, -0.25) is 0 Å². The van der Waals surface area contributed by atoms with Crippen molar-refractivity contribution in [3.8, 4) is 0 Å². The van der Waals surface area contributed by atoms with E-state index in [0.717, 1.165) is 0 Å². The molecule has 1 aromatic rings. The molecule has 0 aromatic heterocycles. The summed E-state index contributed by atoms with van der Waals surface area (Å²) in [5.74, 6) is 0. The average Bonchev–Trinajstić information content (AvgIpc) is 2.49. The van der Waals surface area contributed by atoms with E-state index in [1.807, 2.05) is 0 Å². The molecule has 1 amide bonds. The van der Waals surface area contributed by atoms with Gasteiger partial charge in [0.15, 0.2) is 6.17 Å². The average molecular weight is 411 g/mol. The predicted octanol–water partition coefficient (Wildman–Crippen LogP) is 6.34. The van der Waals surface area contributed by atoms with Gasteiger partial charge in [-0.25, -0.2) is 14.1 Å². The van der Waals surface area contributed by atoms with E-state index in [9.17, 15) is 31.1 Å². The number of rotatable bonds is 6. The minimum absolute atomic E-state index is 0.158. The van der Waals surface area contributed by atoms with Gasteiger partial charge in [0.05, 0.1) is 13.0 Å². The molecule has 1 aromatic carbocycles. The lowest BCUT2D eigenvalue weighted by atomic mass is 10.1. The van der Waals surface area contributed by atoms with Gasteiger partial charge in [-0.15, -0.1) is 0 Å². The van der Waals surface area contributed by atoms with Crippen molar-refractivity contribution in [2.75, 3.05) is 0 Å². The summed E-state index contributed by atoms with van der Waals surface area (Å²) in [6.45, 7) is 8.71. The van der Waals surface area contributed by atoms with Crippen molar-refractivity contribution in [1.29, 1.82) is 0 Å². The van der Waals surface area contributed by atoms with Crippen molar-refractivity contribution in [1.82, 2.24) is 4.90 Å². The van der Waals surface area contributed by atoms with Crippen LogP contribution in [0, 0.1) is 0 Å². The molecule has 0 radical (unpaired) electrons. The number of carbonyl (C=O) groups excluding carboxylic acids is 1. The fourth-order valence-corrected chi connectivity index (χ4v) is 2.22. The quantitative estimate of drug-likeness (QED) is 0.404. The maximum absolute atomic E-state index is 14.5. The molecule has 0 saturated carbocycles. The largest absolute Gasteiger partial charge is 0.444 e. The Morgan fingerprint density at radius 3 is 2.21 bits per heavy atom. The van der Waals surface area contributed by atoms with E-state index in [-0.39, 0.29) is 10.5 Å². The van der Waals surface area contributed by atoms with E-state index < -0.39 is 43.1 Å². The lowest BCUT2D eigenvalue weighted by Crippen LogP contribution is -2.53. The van der Waals surface area contributed by atoms with Gasteiger partial charge in [0, 0.05) is 0 Å². The van der Waals surface area contributed by atoms with Crippen LogP contribution in [0.5, 0.6) is 0 Å². The SMILES string of the molecule is C=C(C)c1cccc(CN(C(=O)OC(C)(C)C)C(F)(F)C(F)CC(F)(F)F)c1. The number of amides is 1. The van der Waals surface area contributed by atoms with Gasteiger partial charge < -0.3 is 4.74 Å². The van der Waals surface area contributed by atoms with Gasteiger partial charge in [-0.05, 0) is 44.9 Å². The second-order valence-corrected chi connectivity index (χ2v) is 7.42. The van der Waals surface area contributed by atoms with Crippen LogP contribution in [0.3, 0.4) is 0 Å². The summed E-state index contributed by atoms with van der Waals surface area (Å²) in [4.78, 5) is 11.9. The van der Waals surface area contributed by atoms with Crippen LogP contribution in [0.25, 0.3) is 5.57 Å². The van der Waals surface area contributed by atoms with Crippen LogP contribution in [0.1, 0.15) is 45.2 Å². The summed E-state index contributed by atoms with van der Waals surface area (Å²) >= 11 is 0. The maximum Gasteiger partial charge on any atom is 0.415 e. The van der Waals surface area contributed by atoms with E-state index in [2.05, 4.69) is 6.58 Å². The van der Waals surface area contributed by atoms with Gasteiger partial charge >= 0.3 is 18.3 Å². The highest BCUT2D eigenvalue weighted by Crippen LogP contribution is 2.36. The molecule has 1 rings (SSSR count). The Hall–Kier alpha value is -2.19. The molecule has 0 saturated heterocycles. The summed E-state index contributed by atoms with van der Waals surface area (Å²) in [6.07, 6.45) is -12.8. The number of nitrogens with zero attached hydrogens (tertiary/aromatic N) is 1. The van der Waals surface area contributed by atoms with Gasteiger partial charge in [0.2, 0.25) is 0 Å². The highest BCUT2D eigenvalue weighted by Gasteiger charge is 2.53. The summed E-state index contributed by atoms with van der Waals surface area (Å²) in [5, 5.41) is 0. The fourth-order valence-electron chi connectivity index (χ4n) is 2.22. The molecule has 28 heavy (non-hydrogen) atoms. The number of hydrogen-bond acceptors (Lipinski definition) is 2. The molecule has 0 aliphatic carbocycles. The Balaban J connectivity index is 3.26. The van der Waals surface area contributed by atoms with E-state index >= 15 is 0 Å². The molecule has 0 aliphatic rings. The second-order valence-electron chi connectivity index (χ2n) is 7.42. The lowest BCUT2D eigenvalue weighted by molar-refractivity contribution is -0.222. The summed E-state index contributed by atoms with van der Waals surface area (Å²) < 4.78 is 85.1. The fraction of sp³-hybridized carbons (Fsp3) is 0.526. The van der Waals surface area contributed by atoms with Crippen molar-refractivity contribution in [2.24, 2.45) is 0 Å². The summed E-state index contributed by atoms with van der Waals surface area (Å²) in [6, 6.07) is 1.23. The van der Waals surface area contributed by atoms with E-state index in [4.69, 9.17) is 4.74 Å². The van der Waals surface area contributed by atoms with E-state index in [0.29, 0.717) is 11.1 Å². The van der Waals surface area contributed by atoms with Crippen LogP contribution in [-0.4, -0.2) is 35.0 Å². The lowest BCUT2D eigenvalue weighted by Gasteiger charge is -2.35. The van der Waals surface area contributed by atoms with Crippen LogP contribution in [-0.2, 0) is 11.3 Å². The molecule has 9 heteroatoms. The first kappa shape index (κ1) is 23.8. The normalized spacial score (nSPS) is 13.8. The molecule has 0 spiro atoms. The monoisotopic (exact) mass is 411 g/mol. The zero-order chi connectivity index (χ0) is 21.9. The van der Waals surface area contributed by atoms with Crippen molar-refractivity contribution >= 4 is 11.7 Å². The van der Waals surface area contributed by atoms with Crippen LogP contribution < -0.4 is 0 Å². The number of carbonyl (C=O) groups is 1. The standard InChI is InChI=1S/C19H23F6NO2/c1-12(2)14-8-6-7-13(9-14)11-26(16(27)28-17(3,4)5)19(24,25)15(20)10-18(21,22)23/h6-9,15H,1,10-11H2,2-5H3. The third-order valence-electron chi connectivity index (χ3n) is 3.52. The highest BCUT2D eigenvalue weighted by atomic mass is 19.4. The predicted molar refractivity (Wildman–Crippen MR) is 93.4 cm³/mol. The topological polar surface area (TPSA) is 29.5 Å². The number of halogens is 6. The Bertz CT molecular complexity index is 709. The summed E-state index contributed by atoms with van der Waals surface area (Å²) in [7, 11) is 0. The smallest absolute Gasteiger partial charge is 0.415 e. The molecule has 158 valence electrons. The molecule has 0 bridgehead atoms. The third-order valence-corrected chi connectivity index (χ3v) is 3.52. The second kappa shape index (κ2) is 8.45. The minimum atomic E-state index is -5.16. The van der Waals surface area contributed by atoms with Crippen LogP contribution in [0.2, 0.25) is 0 Å². The van der Waals surface area contributed by atoms with Gasteiger partial charge in [-0.2, -0.15) is 22.0 Å². The Labute approximate surface area is 160 Å². The van der Waals surface area contributed by atoms with Crippen LogP contribution in [0.4, 0.5) is 31.1 Å². The zero-order valence-corrected chi connectivity index (χ0v) is 16.0. The summed E-state index contributed by atoms with van der Waals surface area (Å²) in [5.41, 5.74) is 0.140. The number of benzene rings is 1. The number of allylic oxidation sites excluding steroid dienone is 1. The molecule has 1 atom stereocenters. The Kier molecular flexibility index (Phi) is 7.19. The number of ether oxygens (including phenoxy) is 1. The van der Waals surface area contributed by atoms with Crippen molar-refractivity contribution in [3.05, 3.63) is 42.0 Å². The van der Waals surface area contributed by atoms with Gasteiger partial charge in [0.1, 0.15) is 5.60 Å². The molecule has 1 unspecified atom stereocenters. The van der Waals surface area contributed by atoms with E-state index in [1.165, 1.54) is 39.0 Å². The molecule has 0 N–H and O–H groups in total. The number of alkyl halides is 6. The molecule has 0 heterocycles. The Morgan fingerprint density at radius 2 is 1.75 bits per heavy atom. The molecular formula is C19H23F6NO2. The first-order valence-electron chi connectivity index (χ1n) is 8.37. The number of hydrogen-bond donors (Lipinski definition) is 0. The van der Waals surface area contributed by atoms with Crippen molar-refractivity contribution in [2.45, 2.75) is 64.7 Å². The van der Waals surface area contributed by atoms with Crippen LogP contribution >= 0.6 is 0 Å². The van der Waals surface area contributed by atoms with Crippen molar-refractivity contribution in [3.63, 3.8) is 0 Å². The third kappa shape index (κ3) is 7.09. The molecular weight excluding hydrogens is 388 g/mol. The maximum atomic E-state index is 14.5. The van der Waals surface area contributed by atoms with E-state index in [1.54, 1.807) is 13.0 Å². The first-order valence-corrected chi connectivity index (χ1v) is 8.37. The van der Waals surface area contributed by atoms with Gasteiger partial charge in [-0.1, -0.05) is 30.4 Å². The zero-order valence-electron chi connectivity index (χ0n) is 16.0. The van der Waals surface area contributed by atoms with Crippen molar-refractivity contribution < 1.29 is 35.9 Å². The molecule has 0 fully saturated rings. The first-order chi connectivity index (χ1) is 12.5.